The third kappa shape index (κ3) is 4.28. The van der Waals surface area contributed by atoms with Crippen molar-refractivity contribution in [1.29, 1.82) is 0 Å². The predicted octanol–water partition coefficient (Wildman–Crippen LogP) is 5.78. The van der Waals surface area contributed by atoms with Crippen LogP contribution >= 0.6 is 0 Å². The minimum atomic E-state index is -0.726. The minimum absolute atomic E-state index is 0.0722. The normalized spacial score (nSPS) is 24.4. The van der Waals surface area contributed by atoms with Gasteiger partial charge in [0.15, 0.2) is 11.6 Å². The molecule has 8 heteroatoms. The molecule has 4 atom stereocenters. The number of phenolic OH excluding ortho intramolecular Hbond substituents is 1. The molecule has 1 aliphatic heterocycles. The van der Waals surface area contributed by atoms with E-state index >= 15 is 0 Å². The Hall–Kier alpha value is -5.24. The smallest absolute Gasteiger partial charge is 0.238 e. The summed E-state index contributed by atoms with van der Waals surface area (Å²) in [5.41, 5.74) is 4.48. The number of amides is 2. The fourth-order valence-electron chi connectivity index (χ4n) is 7.25. The van der Waals surface area contributed by atoms with Gasteiger partial charge in [-0.25, -0.2) is 0 Å². The number of anilines is 3. The van der Waals surface area contributed by atoms with Crippen LogP contribution in [-0.2, 0) is 19.2 Å². The number of ketones is 2. The second-order valence-corrected chi connectivity index (χ2v) is 11.7. The summed E-state index contributed by atoms with van der Waals surface area (Å²) in [5, 5.41) is 14.4. The van der Waals surface area contributed by atoms with Crippen molar-refractivity contribution in [1.82, 2.24) is 0 Å². The zero-order chi connectivity index (χ0) is 30.7. The zero-order valence-corrected chi connectivity index (χ0v) is 24.2. The molecule has 1 fully saturated rings. The Balaban J connectivity index is 1.26. The summed E-state index contributed by atoms with van der Waals surface area (Å²) in [6, 6.07) is 21.7. The summed E-state index contributed by atoms with van der Waals surface area (Å²) in [5.74, 6) is -3.23. The number of nitrogens with one attached hydrogen (secondary N) is 1. The minimum Gasteiger partial charge on any atom is -0.507 e. The van der Waals surface area contributed by atoms with Crippen LogP contribution in [0.25, 0.3) is 0 Å². The maximum Gasteiger partial charge on any atom is 0.238 e. The van der Waals surface area contributed by atoms with E-state index in [2.05, 4.69) is 5.32 Å². The highest BCUT2D eigenvalue weighted by Crippen LogP contribution is 2.56. The molecule has 4 aliphatic rings. The molecule has 2 amide bonds. The molecule has 44 heavy (non-hydrogen) atoms. The highest BCUT2D eigenvalue weighted by Gasteiger charge is 2.56. The lowest BCUT2D eigenvalue weighted by atomic mass is 9.59. The molecule has 1 heterocycles. The van der Waals surface area contributed by atoms with Crippen molar-refractivity contribution >= 4 is 40.4 Å². The molecule has 0 unspecified atom stereocenters. The second kappa shape index (κ2) is 10.5. The fraction of sp³-hybridized carbons (Fsp3) is 0.222. The van der Waals surface area contributed by atoms with Gasteiger partial charge in [0.05, 0.1) is 24.6 Å². The van der Waals surface area contributed by atoms with Gasteiger partial charge in [0, 0.05) is 45.6 Å². The van der Waals surface area contributed by atoms with E-state index in [-0.39, 0.29) is 35.6 Å². The standard InChI is InChI=1S/C36H30N2O6/c1-19-16-29(39)28-18-27-24(31(33(28)34(19)41)25-13-12-23(44-2)17-30(25)40)14-15-26-32(27)36(43)38(35(26)42)22-10-8-21(9-11-22)37-20-6-4-3-5-7-20/h3-14,16-17,26-27,31-32,37,40H,15,18H2,1-2H3/t26-,27+,31+,32-/m0/s1. The second-order valence-electron chi connectivity index (χ2n) is 11.7. The third-order valence-corrected chi connectivity index (χ3v) is 9.30. The van der Waals surface area contributed by atoms with E-state index in [1.54, 1.807) is 31.2 Å². The number of benzene rings is 3. The summed E-state index contributed by atoms with van der Waals surface area (Å²) >= 11 is 0. The first-order valence-corrected chi connectivity index (χ1v) is 14.6. The Morgan fingerprint density at radius 1 is 0.886 bits per heavy atom. The molecule has 0 saturated carbocycles. The van der Waals surface area contributed by atoms with Gasteiger partial charge in [-0.3, -0.25) is 24.1 Å². The zero-order valence-electron chi connectivity index (χ0n) is 24.2. The van der Waals surface area contributed by atoms with E-state index in [0.29, 0.717) is 40.1 Å². The number of allylic oxidation sites excluding steroid dienone is 6. The average molecular weight is 587 g/mol. The summed E-state index contributed by atoms with van der Waals surface area (Å²) in [7, 11) is 1.49. The van der Waals surface area contributed by atoms with Crippen molar-refractivity contribution in [3.8, 4) is 11.5 Å². The number of aromatic hydroxyl groups is 1. The molecule has 0 aromatic heterocycles. The molecule has 2 N–H and O–H groups in total. The number of nitrogens with zero attached hydrogens (tertiary/aromatic N) is 1. The van der Waals surface area contributed by atoms with Gasteiger partial charge >= 0.3 is 0 Å². The fourth-order valence-corrected chi connectivity index (χ4v) is 7.25. The largest absolute Gasteiger partial charge is 0.507 e. The van der Waals surface area contributed by atoms with Crippen LogP contribution < -0.4 is 15.0 Å². The van der Waals surface area contributed by atoms with Crippen LogP contribution in [0.4, 0.5) is 17.1 Å². The molecule has 3 aliphatic carbocycles. The van der Waals surface area contributed by atoms with Crippen molar-refractivity contribution in [3.63, 3.8) is 0 Å². The van der Waals surface area contributed by atoms with Crippen LogP contribution in [0, 0.1) is 17.8 Å². The number of hydrogen-bond acceptors (Lipinski definition) is 7. The molecular weight excluding hydrogens is 556 g/mol. The molecule has 0 bridgehead atoms. The Kier molecular flexibility index (Phi) is 6.57. The number of hydrogen-bond donors (Lipinski definition) is 2. The van der Waals surface area contributed by atoms with E-state index in [9.17, 15) is 24.3 Å². The summed E-state index contributed by atoms with van der Waals surface area (Å²) in [6.45, 7) is 1.62. The molecule has 8 nitrogen and oxygen atoms in total. The number of para-hydroxylation sites is 1. The van der Waals surface area contributed by atoms with Crippen LogP contribution in [0.3, 0.4) is 0 Å². The van der Waals surface area contributed by atoms with Crippen LogP contribution in [0.1, 0.15) is 31.2 Å². The number of carbonyl (C=O) groups is 4. The van der Waals surface area contributed by atoms with Crippen LogP contribution in [0.5, 0.6) is 11.5 Å². The first-order chi connectivity index (χ1) is 21.3. The Bertz CT molecular complexity index is 1840. The van der Waals surface area contributed by atoms with E-state index in [1.807, 2.05) is 48.5 Å². The molecule has 3 aromatic rings. The first-order valence-electron chi connectivity index (χ1n) is 14.6. The number of fused-ring (bicyclic) bond motifs is 3. The SMILES string of the molecule is COc1ccc([C@H]2C3=CC[C@@H]4C(=O)N(c5ccc(Nc6ccccc6)cc5)C(=O)[C@@H]4[C@@H]3CC3=C2C(=O)C(C)=CC3=O)c(O)c1. The van der Waals surface area contributed by atoms with Gasteiger partial charge in [-0.2, -0.15) is 0 Å². The van der Waals surface area contributed by atoms with Crippen LogP contribution in [0.2, 0.25) is 0 Å². The van der Waals surface area contributed by atoms with Crippen LogP contribution in [-0.4, -0.2) is 35.6 Å². The maximum absolute atomic E-state index is 14.1. The monoisotopic (exact) mass is 586 g/mol. The Labute approximate surface area is 254 Å². The van der Waals surface area contributed by atoms with Crippen LogP contribution in [0.15, 0.2) is 107 Å². The van der Waals surface area contributed by atoms with E-state index in [1.165, 1.54) is 24.2 Å². The predicted molar refractivity (Wildman–Crippen MR) is 165 cm³/mol. The highest BCUT2D eigenvalue weighted by molar-refractivity contribution is 6.25. The van der Waals surface area contributed by atoms with Gasteiger partial charge < -0.3 is 15.2 Å². The first kappa shape index (κ1) is 27.6. The quantitative estimate of drug-likeness (QED) is 0.221. The lowest BCUT2D eigenvalue weighted by molar-refractivity contribution is -0.123. The lowest BCUT2D eigenvalue weighted by Crippen LogP contribution is -2.39. The van der Waals surface area contributed by atoms with Gasteiger partial charge in [-0.15, -0.1) is 0 Å². The molecule has 0 spiro atoms. The Morgan fingerprint density at radius 2 is 1.61 bits per heavy atom. The number of carbonyl (C=O) groups excluding carboxylic acids is 4. The van der Waals surface area contributed by atoms with Crippen molar-refractivity contribution in [2.45, 2.75) is 25.7 Å². The number of methoxy groups -OCH3 is 1. The number of phenols is 1. The summed E-state index contributed by atoms with van der Waals surface area (Å²) in [6.07, 6.45) is 3.78. The molecule has 7 rings (SSSR count). The number of rotatable bonds is 5. The molecule has 220 valence electrons. The number of Topliss-reactive ketones (excluding diaryl/α,β-unsaturated/α-hetero) is 1. The Morgan fingerprint density at radius 3 is 2.32 bits per heavy atom. The summed E-state index contributed by atoms with van der Waals surface area (Å²) < 4.78 is 5.27. The number of ether oxygens (including phenoxy) is 1. The molecule has 1 saturated heterocycles. The molecular formula is C36H30N2O6. The van der Waals surface area contributed by atoms with Crippen molar-refractivity contribution < 1.29 is 29.0 Å². The average Bonchev–Trinajstić information content (AvgIpc) is 3.29. The van der Waals surface area contributed by atoms with Gasteiger partial charge in [0.1, 0.15) is 11.5 Å². The third-order valence-electron chi connectivity index (χ3n) is 9.30. The highest BCUT2D eigenvalue weighted by atomic mass is 16.5. The van der Waals surface area contributed by atoms with E-state index in [0.717, 1.165) is 16.9 Å². The van der Waals surface area contributed by atoms with E-state index < -0.39 is 23.7 Å². The summed E-state index contributed by atoms with van der Waals surface area (Å²) in [4.78, 5) is 56.1. The van der Waals surface area contributed by atoms with Crippen molar-refractivity contribution in [2.75, 3.05) is 17.3 Å². The van der Waals surface area contributed by atoms with Gasteiger partial charge in [0.2, 0.25) is 11.8 Å². The van der Waals surface area contributed by atoms with E-state index in [4.69, 9.17) is 4.74 Å². The van der Waals surface area contributed by atoms with Crippen molar-refractivity contribution in [3.05, 3.63) is 113 Å². The lowest BCUT2D eigenvalue weighted by Gasteiger charge is -2.42. The number of imide groups is 1. The van der Waals surface area contributed by atoms with Gasteiger partial charge in [-0.1, -0.05) is 35.9 Å². The topological polar surface area (TPSA) is 113 Å². The van der Waals surface area contributed by atoms with Gasteiger partial charge in [-0.05, 0) is 74.2 Å². The van der Waals surface area contributed by atoms with Gasteiger partial charge in [0.25, 0.3) is 0 Å². The van der Waals surface area contributed by atoms with Crippen molar-refractivity contribution in [2.24, 2.45) is 17.8 Å². The maximum atomic E-state index is 14.1. The molecule has 3 aromatic carbocycles. The molecule has 0 radical (unpaired) electrons.